The molecule has 4 heteroatoms. The number of ether oxygens (including phenoxy) is 1. The normalized spacial score (nSPS) is 9.62. The molecule has 0 aliphatic heterocycles. The third kappa shape index (κ3) is 3.55. The fourth-order valence-corrected chi connectivity index (χ4v) is 0.793. The maximum absolute atomic E-state index is 10.9. The molecule has 1 heterocycles. The van der Waals surface area contributed by atoms with Crippen LogP contribution in [0.4, 0.5) is 0 Å². The Morgan fingerprint density at radius 2 is 2.31 bits per heavy atom. The van der Waals surface area contributed by atoms with Gasteiger partial charge >= 0.3 is 5.97 Å². The monoisotopic (exact) mass is 182 g/mol. The standard InChI is InChI=1S/C9H10O4/c1-7(10)4-9(11)13-6-8-2-3-12-5-8/h2-3,5H,4,6H2,1H3. The number of furan rings is 1. The van der Waals surface area contributed by atoms with Gasteiger partial charge in [-0.2, -0.15) is 0 Å². The molecule has 70 valence electrons. The lowest BCUT2D eigenvalue weighted by atomic mass is 10.3. The van der Waals surface area contributed by atoms with Crippen LogP contribution >= 0.6 is 0 Å². The topological polar surface area (TPSA) is 56.5 Å². The van der Waals surface area contributed by atoms with Crippen molar-refractivity contribution >= 4 is 11.8 Å². The maximum atomic E-state index is 10.9. The van der Waals surface area contributed by atoms with Crippen LogP contribution in [-0.2, 0) is 20.9 Å². The van der Waals surface area contributed by atoms with Crippen molar-refractivity contribution in [2.24, 2.45) is 0 Å². The third-order valence-electron chi connectivity index (χ3n) is 1.37. The number of rotatable bonds is 4. The molecule has 4 nitrogen and oxygen atoms in total. The van der Waals surface area contributed by atoms with Crippen molar-refractivity contribution in [3.8, 4) is 0 Å². The fourth-order valence-electron chi connectivity index (χ4n) is 0.793. The Balaban J connectivity index is 2.27. The number of hydrogen-bond donors (Lipinski definition) is 0. The molecule has 0 amide bonds. The maximum Gasteiger partial charge on any atom is 0.313 e. The Hall–Kier alpha value is -1.58. The van der Waals surface area contributed by atoms with E-state index in [1.807, 2.05) is 0 Å². The van der Waals surface area contributed by atoms with E-state index in [-0.39, 0.29) is 18.8 Å². The largest absolute Gasteiger partial charge is 0.472 e. The van der Waals surface area contributed by atoms with Gasteiger partial charge in [-0.15, -0.1) is 0 Å². The summed E-state index contributed by atoms with van der Waals surface area (Å²) < 4.78 is 9.55. The van der Waals surface area contributed by atoms with E-state index in [0.717, 1.165) is 5.56 Å². The quantitative estimate of drug-likeness (QED) is 0.520. The Kier molecular flexibility index (Phi) is 3.25. The summed E-state index contributed by atoms with van der Waals surface area (Å²) in [5, 5.41) is 0. The summed E-state index contributed by atoms with van der Waals surface area (Å²) in [7, 11) is 0. The number of carbonyl (C=O) groups is 2. The van der Waals surface area contributed by atoms with Crippen molar-refractivity contribution in [1.82, 2.24) is 0 Å². The Morgan fingerprint density at radius 3 is 2.85 bits per heavy atom. The molecule has 0 radical (unpaired) electrons. The second-order valence-corrected chi connectivity index (χ2v) is 2.67. The lowest BCUT2D eigenvalue weighted by molar-refractivity contribution is -0.146. The average Bonchev–Trinajstić information content (AvgIpc) is 2.51. The summed E-state index contributed by atoms with van der Waals surface area (Å²) in [5.41, 5.74) is 0.775. The molecular formula is C9H10O4. The van der Waals surface area contributed by atoms with Gasteiger partial charge < -0.3 is 9.15 Å². The first kappa shape index (κ1) is 9.51. The van der Waals surface area contributed by atoms with E-state index >= 15 is 0 Å². The van der Waals surface area contributed by atoms with E-state index in [1.165, 1.54) is 19.5 Å². The van der Waals surface area contributed by atoms with Crippen LogP contribution in [0.1, 0.15) is 18.9 Å². The van der Waals surface area contributed by atoms with Crippen molar-refractivity contribution in [2.75, 3.05) is 0 Å². The Bertz CT molecular complexity index is 287. The highest BCUT2D eigenvalue weighted by molar-refractivity contribution is 5.94. The second kappa shape index (κ2) is 4.45. The van der Waals surface area contributed by atoms with Gasteiger partial charge in [-0.1, -0.05) is 0 Å². The smallest absolute Gasteiger partial charge is 0.313 e. The number of Topliss-reactive ketones (excluding diaryl/α,β-unsaturated/α-hetero) is 1. The minimum Gasteiger partial charge on any atom is -0.472 e. The number of esters is 1. The SMILES string of the molecule is CC(=O)CC(=O)OCc1ccoc1. The molecular weight excluding hydrogens is 172 g/mol. The van der Waals surface area contributed by atoms with Crippen LogP contribution in [-0.4, -0.2) is 11.8 Å². The van der Waals surface area contributed by atoms with Crippen molar-refractivity contribution in [1.29, 1.82) is 0 Å². The molecule has 0 saturated heterocycles. The van der Waals surface area contributed by atoms with Gasteiger partial charge in [-0.25, -0.2) is 0 Å². The van der Waals surface area contributed by atoms with Crippen molar-refractivity contribution in [3.05, 3.63) is 24.2 Å². The molecule has 0 atom stereocenters. The van der Waals surface area contributed by atoms with Crippen molar-refractivity contribution in [2.45, 2.75) is 20.0 Å². The summed E-state index contributed by atoms with van der Waals surface area (Å²) in [6.07, 6.45) is 2.81. The molecule has 0 aliphatic carbocycles. The van der Waals surface area contributed by atoms with Gasteiger partial charge in [0.1, 0.15) is 18.8 Å². The molecule has 1 aromatic rings. The van der Waals surface area contributed by atoms with E-state index in [4.69, 9.17) is 9.15 Å². The van der Waals surface area contributed by atoms with Crippen LogP contribution in [0.15, 0.2) is 23.0 Å². The lowest BCUT2D eigenvalue weighted by Crippen LogP contribution is -2.08. The molecule has 0 spiro atoms. The van der Waals surface area contributed by atoms with Gasteiger partial charge in [0, 0.05) is 5.56 Å². The zero-order valence-corrected chi connectivity index (χ0v) is 7.28. The van der Waals surface area contributed by atoms with Crippen LogP contribution in [0, 0.1) is 0 Å². The molecule has 0 fully saturated rings. The van der Waals surface area contributed by atoms with E-state index in [0.29, 0.717) is 0 Å². The Labute approximate surface area is 75.5 Å². The first-order chi connectivity index (χ1) is 6.18. The fraction of sp³-hybridized carbons (Fsp3) is 0.333. The van der Waals surface area contributed by atoms with Crippen LogP contribution in [0.25, 0.3) is 0 Å². The minimum atomic E-state index is -0.506. The zero-order valence-electron chi connectivity index (χ0n) is 7.28. The van der Waals surface area contributed by atoms with Gasteiger partial charge in [0.05, 0.1) is 12.5 Å². The molecule has 0 N–H and O–H groups in total. The lowest BCUT2D eigenvalue weighted by Gasteiger charge is -1.99. The molecule has 13 heavy (non-hydrogen) atoms. The van der Waals surface area contributed by atoms with Crippen LogP contribution in [0.2, 0.25) is 0 Å². The number of carbonyl (C=O) groups excluding carboxylic acids is 2. The van der Waals surface area contributed by atoms with E-state index in [9.17, 15) is 9.59 Å². The summed E-state index contributed by atoms with van der Waals surface area (Å²) in [5.74, 6) is -0.703. The van der Waals surface area contributed by atoms with Crippen LogP contribution in [0.5, 0.6) is 0 Å². The van der Waals surface area contributed by atoms with Gasteiger partial charge in [0.25, 0.3) is 0 Å². The summed E-state index contributed by atoms with van der Waals surface area (Å²) in [4.78, 5) is 21.4. The van der Waals surface area contributed by atoms with Crippen molar-refractivity contribution < 1.29 is 18.7 Å². The van der Waals surface area contributed by atoms with Gasteiger partial charge in [0.15, 0.2) is 0 Å². The predicted octanol–water partition coefficient (Wildman–Crippen LogP) is 1.30. The van der Waals surface area contributed by atoms with Gasteiger partial charge in [0.2, 0.25) is 0 Å². The summed E-state index contributed by atoms with van der Waals surface area (Å²) in [6, 6.07) is 1.70. The summed E-state index contributed by atoms with van der Waals surface area (Å²) in [6.45, 7) is 1.50. The molecule has 0 unspecified atom stereocenters. The van der Waals surface area contributed by atoms with E-state index in [1.54, 1.807) is 6.07 Å². The number of hydrogen-bond acceptors (Lipinski definition) is 4. The average molecular weight is 182 g/mol. The first-order valence-electron chi connectivity index (χ1n) is 3.84. The van der Waals surface area contributed by atoms with Gasteiger partial charge in [-0.3, -0.25) is 9.59 Å². The summed E-state index contributed by atoms with van der Waals surface area (Å²) >= 11 is 0. The molecule has 0 saturated carbocycles. The highest BCUT2D eigenvalue weighted by atomic mass is 16.5. The molecule has 1 aromatic heterocycles. The zero-order chi connectivity index (χ0) is 9.68. The van der Waals surface area contributed by atoms with E-state index in [2.05, 4.69) is 0 Å². The van der Waals surface area contributed by atoms with Gasteiger partial charge in [-0.05, 0) is 13.0 Å². The number of ketones is 1. The molecule has 0 bridgehead atoms. The van der Waals surface area contributed by atoms with Crippen molar-refractivity contribution in [3.63, 3.8) is 0 Å². The highest BCUT2D eigenvalue weighted by Crippen LogP contribution is 2.02. The second-order valence-electron chi connectivity index (χ2n) is 2.67. The van der Waals surface area contributed by atoms with Crippen LogP contribution < -0.4 is 0 Å². The Morgan fingerprint density at radius 1 is 1.54 bits per heavy atom. The third-order valence-corrected chi connectivity index (χ3v) is 1.37. The van der Waals surface area contributed by atoms with E-state index < -0.39 is 5.97 Å². The minimum absolute atomic E-state index is 0.155. The molecule has 1 rings (SSSR count). The predicted molar refractivity (Wildman–Crippen MR) is 43.8 cm³/mol. The van der Waals surface area contributed by atoms with Crippen LogP contribution in [0.3, 0.4) is 0 Å². The first-order valence-corrected chi connectivity index (χ1v) is 3.84. The molecule has 0 aromatic carbocycles. The molecule has 0 aliphatic rings. The highest BCUT2D eigenvalue weighted by Gasteiger charge is 2.06.